The third kappa shape index (κ3) is 1.72. The van der Waals surface area contributed by atoms with Gasteiger partial charge in [0.1, 0.15) is 11.6 Å². The number of benzene rings is 2. The van der Waals surface area contributed by atoms with Crippen LogP contribution in [-0.4, -0.2) is 9.97 Å². The van der Waals surface area contributed by atoms with Crippen molar-refractivity contribution in [1.29, 1.82) is 0 Å². The van der Waals surface area contributed by atoms with Crippen LogP contribution in [0.4, 0.5) is 4.39 Å². The highest BCUT2D eigenvalue weighted by molar-refractivity contribution is 5.79. The minimum atomic E-state index is -0.249. The number of imidazole rings is 1. The third-order valence-corrected chi connectivity index (χ3v) is 3.55. The molecule has 1 aliphatic heterocycles. The lowest BCUT2D eigenvalue weighted by molar-refractivity contribution is 0.629. The Kier molecular flexibility index (Phi) is 2.19. The fourth-order valence-electron chi connectivity index (χ4n) is 2.56. The number of aromatic nitrogens is 2. The molecule has 0 unspecified atom stereocenters. The van der Waals surface area contributed by atoms with Crippen LogP contribution in [0.1, 0.15) is 11.1 Å². The maximum absolute atomic E-state index is 13.2. The number of H-pyrrole nitrogens is 1. The Balaban J connectivity index is 1.85. The predicted molar refractivity (Wildman–Crippen MR) is 72.0 cm³/mol. The van der Waals surface area contributed by atoms with E-state index >= 15 is 0 Å². The second kappa shape index (κ2) is 3.90. The molecule has 19 heavy (non-hydrogen) atoms. The monoisotopic (exact) mass is 253 g/mol. The molecule has 0 amide bonds. The van der Waals surface area contributed by atoms with Gasteiger partial charge in [-0.1, -0.05) is 12.1 Å². The van der Waals surface area contributed by atoms with Crippen molar-refractivity contribution in [3.05, 3.63) is 53.3 Å². The Labute approximate surface area is 109 Å². The maximum Gasteiger partial charge on any atom is 0.138 e. The smallest absolute Gasteiger partial charge is 0.138 e. The van der Waals surface area contributed by atoms with E-state index in [0.717, 1.165) is 35.5 Å². The second-order valence-electron chi connectivity index (χ2n) is 4.83. The van der Waals surface area contributed by atoms with Gasteiger partial charge in [0.05, 0.1) is 11.0 Å². The Hall–Kier alpha value is -2.20. The number of hydrogen-bond donors (Lipinski definition) is 2. The summed E-state index contributed by atoms with van der Waals surface area (Å²) < 4.78 is 13.2. The lowest BCUT2D eigenvalue weighted by Gasteiger charge is -2.01. The zero-order valence-corrected chi connectivity index (χ0v) is 10.2. The molecular weight excluding hydrogens is 241 g/mol. The summed E-state index contributed by atoms with van der Waals surface area (Å²) in [6.45, 7) is 1.83. The number of halogens is 1. The molecule has 3 aromatic rings. The van der Waals surface area contributed by atoms with E-state index in [1.165, 1.54) is 23.3 Å². The molecule has 4 rings (SSSR count). The summed E-state index contributed by atoms with van der Waals surface area (Å²) in [6, 6.07) is 10.9. The number of fused-ring (bicyclic) bond motifs is 2. The zero-order valence-electron chi connectivity index (χ0n) is 10.2. The first-order chi connectivity index (χ1) is 9.29. The van der Waals surface area contributed by atoms with E-state index in [-0.39, 0.29) is 5.82 Å². The lowest BCUT2D eigenvalue weighted by atomic mass is 10.1. The highest BCUT2D eigenvalue weighted by Gasteiger charge is 2.12. The molecule has 0 saturated heterocycles. The van der Waals surface area contributed by atoms with Crippen molar-refractivity contribution in [2.45, 2.75) is 13.1 Å². The summed E-state index contributed by atoms with van der Waals surface area (Å²) in [6.07, 6.45) is 0. The molecule has 4 heteroatoms. The molecule has 0 saturated carbocycles. The molecule has 1 aliphatic rings. The topological polar surface area (TPSA) is 40.7 Å². The molecule has 2 heterocycles. The Morgan fingerprint density at radius 1 is 1.00 bits per heavy atom. The minimum Gasteiger partial charge on any atom is -0.338 e. The fourth-order valence-corrected chi connectivity index (χ4v) is 2.56. The largest absolute Gasteiger partial charge is 0.338 e. The number of nitrogens with zero attached hydrogens (tertiary/aromatic N) is 1. The van der Waals surface area contributed by atoms with Gasteiger partial charge in [-0.05, 0) is 35.4 Å². The maximum atomic E-state index is 13.2. The van der Waals surface area contributed by atoms with Crippen LogP contribution in [0.2, 0.25) is 0 Å². The average molecular weight is 253 g/mol. The predicted octanol–water partition coefficient (Wildman–Crippen LogP) is 2.97. The van der Waals surface area contributed by atoms with Gasteiger partial charge in [0.15, 0.2) is 0 Å². The molecule has 0 fully saturated rings. The quantitative estimate of drug-likeness (QED) is 0.700. The number of aromatic amines is 1. The summed E-state index contributed by atoms with van der Waals surface area (Å²) in [5, 5.41) is 3.32. The Bertz CT molecular complexity index is 776. The average Bonchev–Trinajstić information content (AvgIpc) is 3.02. The van der Waals surface area contributed by atoms with Crippen molar-refractivity contribution >= 4 is 11.0 Å². The molecule has 3 nitrogen and oxygen atoms in total. The third-order valence-electron chi connectivity index (χ3n) is 3.55. The summed E-state index contributed by atoms with van der Waals surface area (Å²) in [7, 11) is 0. The van der Waals surface area contributed by atoms with E-state index in [2.05, 4.69) is 33.5 Å². The van der Waals surface area contributed by atoms with Crippen LogP contribution >= 0.6 is 0 Å². The van der Waals surface area contributed by atoms with Crippen LogP contribution in [0.25, 0.3) is 22.4 Å². The van der Waals surface area contributed by atoms with Crippen molar-refractivity contribution in [3.8, 4) is 11.4 Å². The van der Waals surface area contributed by atoms with Gasteiger partial charge in [-0.25, -0.2) is 9.37 Å². The van der Waals surface area contributed by atoms with Gasteiger partial charge in [0, 0.05) is 18.7 Å². The lowest BCUT2D eigenvalue weighted by Crippen LogP contribution is -1.99. The van der Waals surface area contributed by atoms with Crippen LogP contribution in [0.15, 0.2) is 36.4 Å². The molecule has 2 aromatic carbocycles. The first-order valence-electron chi connectivity index (χ1n) is 6.28. The normalized spacial score (nSPS) is 13.9. The SMILES string of the molecule is Fc1ccc2nc(-c3ccc4c(c3)CNC4)[nH]c2c1. The zero-order chi connectivity index (χ0) is 12.8. The van der Waals surface area contributed by atoms with Crippen LogP contribution in [0.5, 0.6) is 0 Å². The van der Waals surface area contributed by atoms with E-state index in [9.17, 15) is 4.39 Å². The second-order valence-corrected chi connectivity index (χ2v) is 4.83. The summed E-state index contributed by atoms with van der Waals surface area (Å²) in [5.74, 6) is 0.538. The van der Waals surface area contributed by atoms with Crippen LogP contribution < -0.4 is 5.32 Å². The molecular formula is C15H12FN3. The molecule has 0 atom stereocenters. The highest BCUT2D eigenvalue weighted by atomic mass is 19.1. The molecule has 1 aromatic heterocycles. The van der Waals surface area contributed by atoms with Crippen LogP contribution in [-0.2, 0) is 13.1 Å². The molecule has 2 N–H and O–H groups in total. The van der Waals surface area contributed by atoms with Gasteiger partial charge in [-0.3, -0.25) is 0 Å². The number of hydrogen-bond acceptors (Lipinski definition) is 2. The molecule has 94 valence electrons. The van der Waals surface area contributed by atoms with Gasteiger partial charge in [0.2, 0.25) is 0 Å². The standard InChI is InChI=1S/C15H12FN3/c16-12-3-4-13-14(6-12)19-15(18-13)9-1-2-10-7-17-8-11(10)5-9/h1-6,17H,7-8H2,(H,18,19). The van der Waals surface area contributed by atoms with Gasteiger partial charge < -0.3 is 10.3 Å². The molecule has 0 radical (unpaired) electrons. The van der Waals surface area contributed by atoms with Crippen molar-refractivity contribution in [2.24, 2.45) is 0 Å². The van der Waals surface area contributed by atoms with Crippen molar-refractivity contribution in [1.82, 2.24) is 15.3 Å². The van der Waals surface area contributed by atoms with Crippen LogP contribution in [0, 0.1) is 5.82 Å². The van der Waals surface area contributed by atoms with E-state index in [4.69, 9.17) is 0 Å². The van der Waals surface area contributed by atoms with Gasteiger partial charge in [-0.2, -0.15) is 0 Å². The Morgan fingerprint density at radius 3 is 2.84 bits per heavy atom. The van der Waals surface area contributed by atoms with Crippen molar-refractivity contribution in [3.63, 3.8) is 0 Å². The first-order valence-corrected chi connectivity index (χ1v) is 6.28. The summed E-state index contributed by atoms with van der Waals surface area (Å²) in [4.78, 5) is 7.68. The van der Waals surface area contributed by atoms with E-state index in [1.54, 1.807) is 6.07 Å². The van der Waals surface area contributed by atoms with Crippen molar-refractivity contribution in [2.75, 3.05) is 0 Å². The Morgan fingerprint density at radius 2 is 1.89 bits per heavy atom. The van der Waals surface area contributed by atoms with Gasteiger partial charge in [0.25, 0.3) is 0 Å². The first kappa shape index (κ1) is 10.7. The number of rotatable bonds is 1. The van der Waals surface area contributed by atoms with E-state index < -0.39 is 0 Å². The van der Waals surface area contributed by atoms with Crippen LogP contribution in [0.3, 0.4) is 0 Å². The van der Waals surface area contributed by atoms with Crippen molar-refractivity contribution < 1.29 is 4.39 Å². The molecule has 0 aliphatic carbocycles. The molecule has 0 spiro atoms. The minimum absolute atomic E-state index is 0.249. The highest BCUT2D eigenvalue weighted by Crippen LogP contribution is 2.25. The van der Waals surface area contributed by atoms with E-state index in [1.807, 2.05) is 0 Å². The molecule has 0 bridgehead atoms. The summed E-state index contributed by atoms with van der Waals surface area (Å²) >= 11 is 0. The number of nitrogens with one attached hydrogen (secondary N) is 2. The van der Waals surface area contributed by atoms with Gasteiger partial charge >= 0.3 is 0 Å². The fraction of sp³-hybridized carbons (Fsp3) is 0.133. The van der Waals surface area contributed by atoms with Gasteiger partial charge in [-0.15, -0.1) is 0 Å². The van der Waals surface area contributed by atoms with E-state index in [0.29, 0.717) is 0 Å². The summed E-state index contributed by atoms with van der Waals surface area (Å²) in [5.41, 5.74) is 5.21.